The number of rotatable bonds is 6. The van der Waals surface area contributed by atoms with Gasteiger partial charge in [0.05, 0.1) is 22.0 Å². The van der Waals surface area contributed by atoms with Crippen LogP contribution in [0.5, 0.6) is 0 Å². The number of pyridine rings is 1. The monoisotopic (exact) mass is 389 g/mol. The first-order chi connectivity index (χ1) is 13.7. The lowest BCUT2D eigenvalue weighted by Crippen LogP contribution is -2.26. The average molecular weight is 389 g/mol. The summed E-state index contributed by atoms with van der Waals surface area (Å²) in [5.74, 6) is -0.159. The van der Waals surface area contributed by atoms with E-state index in [1.165, 1.54) is 0 Å². The van der Waals surface area contributed by atoms with E-state index in [1.54, 1.807) is 34.6 Å². The molecule has 7 heteroatoms. The summed E-state index contributed by atoms with van der Waals surface area (Å²) in [5, 5.41) is 10.7. The Morgan fingerprint density at radius 3 is 2.75 bits per heavy atom. The van der Waals surface area contributed by atoms with E-state index >= 15 is 0 Å². The number of thiazole rings is 1. The van der Waals surface area contributed by atoms with Crippen molar-refractivity contribution >= 4 is 17.2 Å². The van der Waals surface area contributed by atoms with Crippen LogP contribution in [0.3, 0.4) is 0 Å². The van der Waals surface area contributed by atoms with Crippen molar-refractivity contribution in [2.75, 3.05) is 6.54 Å². The first-order valence-corrected chi connectivity index (χ1v) is 9.83. The number of benzene rings is 1. The maximum Gasteiger partial charge on any atom is 0.255 e. The predicted molar refractivity (Wildman–Crippen MR) is 110 cm³/mol. The standard InChI is InChI=1S/C21H19N5OS/c1-15-24-17(14-28-15)9-11-23-21(27)19-13-26(18-7-3-2-4-8-18)25-20(19)16-6-5-10-22-12-16/h2-8,10,12-14H,9,11H2,1H3,(H,23,27). The minimum atomic E-state index is -0.159. The fraction of sp³-hybridized carbons (Fsp3) is 0.143. The average Bonchev–Trinajstić information content (AvgIpc) is 3.36. The molecule has 0 radical (unpaired) electrons. The number of carbonyl (C=O) groups excluding carboxylic acids is 1. The molecular weight excluding hydrogens is 370 g/mol. The summed E-state index contributed by atoms with van der Waals surface area (Å²) in [6, 6.07) is 13.5. The highest BCUT2D eigenvalue weighted by Crippen LogP contribution is 2.23. The zero-order valence-electron chi connectivity index (χ0n) is 15.4. The Labute approximate surface area is 166 Å². The minimum absolute atomic E-state index is 0.159. The molecule has 0 saturated carbocycles. The molecule has 0 bridgehead atoms. The molecule has 0 aliphatic heterocycles. The number of nitrogens with one attached hydrogen (secondary N) is 1. The molecule has 140 valence electrons. The molecule has 0 aliphatic rings. The number of amides is 1. The second-order valence-corrected chi connectivity index (χ2v) is 7.34. The Bertz CT molecular complexity index is 1070. The first-order valence-electron chi connectivity index (χ1n) is 8.95. The Kier molecular flexibility index (Phi) is 5.25. The molecule has 0 fully saturated rings. The third kappa shape index (κ3) is 3.99. The molecule has 3 heterocycles. The lowest BCUT2D eigenvalue weighted by atomic mass is 10.1. The van der Waals surface area contributed by atoms with Crippen LogP contribution in [0.25, 0.3) is 16.9 Å². The number of nitrogens with zero attached hydrogens (tertiary/aromatic N) is 4. The van der Waals surface area contributed by atoms with Crippen molar-refractivity contribution in [3.8, 4) is 16.9 Å². The van der Waals surface area contributed by atoms with Crippen LogP contribution in [0.4, 0.5) is 0 Å². The molecule has 28 heavy (non-hydrogen) atoms. The Morgan fingerprint density at radius 1 is 1.18 bits per heavy atom. The van der Waals surface area contributed by atoms with E-state index in [0.717, 1.165) is 22.0 Å². The normalized spacial score (nSPS) is 10.8. The lowest BCUT2D eigenvalue weighted by Gasteiger charge is -2.04. The van der Waals surface area contributed by atoms with Crippen molar-refractivity contribution in [2.45, 2.75) is 13.3 Å². The minimum Gasteiger partial charge on any atom is -0.352 e. The molecule has 1 aromatic carbocycles. The number of hydrogen-bond donors (Lipinski definition) is 1. The van der Waals surface area contributed by atoms with Gasteiger partial charge in [-0.15, -0.1) is 11.3 Å². The number of para-hydroxylation sites is 1. The molecule has 0 unspecified atom stereocenters. The summed E-state index contributed by atoms with van der Waals surface area (Å²) in [6.07, 6.45) is 5.88. The second-order valence-electron chi connectivity index (χ2n) is 6.28. The van der Waals surface area contributed by atoms with Gasteiger partial charge in [-0.1, -0.05) is 18.2 Å². The Morgan fingerprint density at radius 2 is 2.04 bits per heavy atom. The summed E-state index contributed by atoms with van der Waals surface area (Å²) in [5.41, 5.74) is 3.82. The highest BCUT2D eigenvalue weighted by Gasteiger charge is 2.18. The van der Waals surface area contributed by atoms with Gasteiger partial charge in [0.2, 0.25) is 0 Å². The molecule has 4 aromatic rings. The van der Waals surface area contributed by atoms with Crippen molar-refractivity contribution < 1.29 is 4.79 Å². The maximum atomic E-state index is 12.9. The molecule has 0 atom stereocenters. The molecule has 6 nitrogen and oxygen atoms in total. The molecule has 3 aromatic heterocycles. The number of aromatic nitrogens is 4. The molecule has 0 spiro atoms. The Balaban J connectivity index is 1.59. The van der Waals surface area contributed by atoms with Crippen molar-refractivity contribution in [3.63, 3.8) is 0 Å². The van der Waals surface area contributed by atoms with E-state index in [1.807, 2.05) is 54.8 Å². The summed E-state index contributed by atoms with van der Waals surface area (Å²) >= 11 is 1.62. The van der Waals surface area contributed by atoms with Gasteiger partial charge in [-0.2, -0.15) is 5.10 Å². The molecule has 1 amide bonds. The zero-order chi connectivity index (χ0) is 19.3. The van der Waals surface area contributed by atoms with E-state index in [2.05, 4.69) is 20.4 Å². The van der Waals surface area contributed by atoms with Crippen LogP contribution in [-0.4, -0.2) is 32.2 Å². The molecular formula is C21H19N5OS. The van der Waals surface area contributed by atoms with E-state index < -0.39 is 0 Å². The van der Waals surface area contributed by atoms with Crippen molar-refractivity contribution in [1.29, 1.82) is 0 Å². The van der Waals surface area contributed by atoms with Crippen LogP contribution in [0.1, 0.15) is 21.1 Å². The van der Waals surface area contributed by atoms with Crippen molar-refractivity contribution in [2.24, 2.45) is 0 Å². The summed E-state index contributed by atoms with van der Waals surface area (Å²) in [6.45, 7) is 2.50. The smallest absolute Gasteiger partial charge is 0.255 e. The molecule has 0 saturated heterocycles. The molecule has 0 aliphatic carbocycles. The first kappa shape index (κ1) is 18.1. The van der Waals surface area contributed by atoms with Gasteiger partial charge >= 0.3 is 0 Å². The number of aryl methyl sites for hydroxylation is 1. The van der Waals surface area contributed by atoms with E-state index in [9.17, 15) is 4.79 Å². The van der Waals surface area contributed by atoms with Gasteiger partial charge in [-0.25, -0.2) is 9.67 Å². The number of carbonyl (C=O) groups is 1. The van der Waals surface area contributed by atoms with Gasteiger partial charge in [-0.05, 0) is 31.2 Å². The third-order valence-electron chi connectivity index (χ3n) is 4.25. The van der Waals surface area contributed by atoms with Crippen LogP contribution in [0.15, 0.2) is 66.4 Å². The summed E-state index contributed by atoms with van der Waals surface area (Å²) < 4.78 is 1.72. The van der Waals surface area contributed by atoms with Crippen molar-refractivity contribution in [3.05, 3.63) is 82.7 Å². The zero-order valence-corrected chi connectivity index (χ0v) is 16.2. The van der Waals surface area contributed by atoms with Crippen LogP contribution in [-0.2, 0) is 6.42 Å². The van der Waals surface area contributed by atoms with Gasteiger partial charge in [0.15, 0.2) is 0 Å². The van der Waals surface area contributed by atoms with Crippen LogP contribution >= 0.6 is 11.3 Å². The Hall–Kier alpha value is -3.32. The van der Waals surface area contributed by atoms with Gasteiger partial charge in [0.1, 0.15) is 5.69 Å². The highest BCUT2D eigenvalue weighted by molar-refractivity contribution is 7.09. The van der Waals surface area contributed by atoms with Crippen LogP contribution in [0, 0.1) is 6.92 Å². The van der Waals surface area contributed by atoms with E-state index in [4.69, 9.17) is 0 Å². The van der Waals surface area contributed by atoms with Gasteiger partial charge in [-0.3, -0.25) is 9.78 Å². The van der Waals surface area contributed by atoms with E-state index in [-0.39, 0.29) is 5.91 Å². The summed E-state index contributed by atoms with van der Waals surface area (Å²) in [4.78, 5) is 21.5. The number of hydrogen-bond acceptors (Lipinski definition) is 5. The van der Waals surface area contributed by atoms with Crippen LogP contribution in [0.2, 0.25) is 0 Å². The molecule has 4 rings (SSSR count). The topological polar surface area (TPSA) is 72.7 Å². The highest BCUT2D eigenvalue weighted by atomic mass is 32.1. The van der Waals surface area contributed by atoms with E-state index in [0.29, 0.717) is 24.2 Å². The SMILES string of the molecule is Cc1nc(CCNC(=O)c2cn(-c3ccccc3)nc2-c2cccnc2)cs1. The summed E-state index contributed by atoms with van der Waals surface area (Å²) in [7, 11) is 0. The van der Waals surface area contributed by atoms with Crippen molar-refractivity contribution in [1.82, 2.24) is 25.1 Å². The van der Waals surface area contributed by atoms with Gasteiger partial charge in [0.25, 0.3) is 5.91 Å². The maximum absolute atomic E-state index is 12.9. The largest absolute Gasteiger partial charge is 0.352 e. The third-order valence-corrected chi connectivity index (χ3v) is 5.07. The van der Waals surface area contributed by atoms with Crippen LogP contribution < -0.4 is 5.32 Å². The van der Waals surface area contributed by atoms with Gasteiger partial charge in [0, 0.05) is 42.5 Å². The predicted octanol–water partition coefficient (Wildman–Crippen LogP) is 3.67. The lowest BCUT2D eigenvalue weighted by molar-refractivity contribution is 0.0954. The fourth-order valence-electron chi connectivity index (χ4n) is 2.89. The second kappa shape index (κ2) is 8.14. The fourth-order valence-corrected chi connectivity index (χ4v) is 3.54. The quantitative estimate of drug-likeness (QED) is 0.546. The van der Waals surface area contributed by atoms with Gasteiger partial charge < -0.3 is 5.32 Å². The molecule has 1 N–H and O–H groups in total.